The van der Waals surface area contributed by atoms with Crippen molar-refractivity contribution in [1.82, 2.24) is 20.2 Å². The average Bonchev–Trinajstić information content (AvgIpc) is 2.84. The minimum Gasteiger partial charge on any atom is -0.481 e. The van der Waals surface area contributed by atoms with Crippen LogP contribution in [0.25, 0.3) is 11.4 Å². The van der Waals surface area contributed by atoms with Crippen molar-refractivity contribution in [2.24, 2.45) is 0 Å². The Labute approximate surface area is 118 Å². The molecule has 1 aromatic carbocycles. The zero-order valence-electron chi connectivity index (χ0n) is 10.3. The van der Waals surface area contributed by atoms with Gasteiger partial charge in [-0.2, -0.15) is 0 Å². The predicted octanol–water partition coefficient (Wildman–Crippen LogP) is 2.53. The number of tetrazole rings is 1. The van der Waals surface area contributed by atoms with Gasteiger partial charge in [0.1, 0.15) is 0 Å². The quantitative estimate of drug-likeness (QED) is 0.913. The molecule has 1 atom stereocenters. The lowest BCUT2D eigenvalue weighted by Gasteiger charge is -2.14. The van der Waals surface area contributed by atoms with Crippen LogP contribution in [-0.2, 0) is 4.79 Å². The normalized spacial score (nSPS) is 12.3. The van der Waals surface area contributed by atoms with Crippen molar-refractivity contribution in [2.45, 2.75) is 25.8 Å². The summed E-state index contributed by atoms with van der Waals surface area (Å²) in [5.74, 6) is -0.281. The Morgan fingerprint density at radius 3 is 2.95 bits per heavy atom. The highest BCUT2D eigenvalue weighted by Gasteiger charge is 2.19. The number of aromatic nitrogens is 4. The van der Waals surface area contributed by atoms with E-state index in [4.69, 9.17) is 5.11 Å². The first kappa shape index (κ1) is 13.7. The van der Waals surface area contributed by atoms with Crippen LogP contribution in [0.3, 0.4) is 0 Å². The third-order valence-electron chi connectivity index (χ3n) is 2.80. The second-order valence-electron chi connectivity index (χ2n) is 4.12. The first-order valence-corrected chi connectivity index (χ1v) is 6.66. The number of aliphatic carboxylic acids is 1. The van der Waals surface area contributed by atoms with E-state index in [0.29, 0.717) is 12.2 Å². The van der Waals surface area contributed by atoms with Gasteiger partial charge in [-0.1, -0.05) is 35.0 Å². The molecule has 1 unspecified atom stereocenters. The maximum absolute atomic E-state index is 10.9. The van der Waals surface area contributed by atoms with Crippen molar-refractivity contribution in [3.63, 3.8) is 0 Å². The summed E-state index contributed by atoms with van der Waals surface area (Å²) in [7, 11) is 0. The first-order valence-electron chi connectivity index (χ1n) is 5.87. The molecule has 0 saturated heterocycles. The molecule has 1 aromatic heterocycles. The van der Waals surface area contributed by atoms with Gasteiger partial charge in [-0.25, -0.2) is 4.68 Å². The maximum Gasteiger partial charge on any atom is 0.305 e. The van der Waals surface area contributed by atoms with Gasteiger partial charge in [0.2, 0.25) is 0 Å². The van der Waals surface area contributed by atoms with Crippen molar-refractivity contribution >= 4 is 21.9 Å². The topological polar surface area (TPSA) is 80.9 Å². The third-order valence-corrected chi connectivity index (χ3v) is 3.30. The van der Waals surface area contributed by atoms with E-state index in [0.717, 1.165) is 10.0 Å². The Kier molecular flexibility index (Phi) is 4.26. The number of benzene rings is 1. The molecular weight excluding hydrogens is 312 g/mol. The minimum atomic E-state index is -0.859. The number of nitrogens with zero attached hydrogens (tertiary/aromatic N) is 4. The van der Waals surface area contributed by atoms with Crippen LogP contribution in [0.1, 0.15) is 25.8 Å². The molecule has 0 aliphatic rings. The van der Waals surface area contributed by atoms with Crippen LogP contribution in [-0.4, -0.2) is 31.3 Å². The van der Waals surface area contributed by atoms with Crippen LogP contribution in [0, 0.1) is 0 Å². The molecule has 0 aliphatic heterocycles. The summed E-state index contributed by atoms with van der Waals surface area (Å²) in [5, 5.41) is 20.5. The molecule has 0 amide bonds. The highest BCUT2D eigenvalue weighted by molar-refractivity contribution is 9.10. The number of carboxylic acid groups (broad SMARTS) is 1. The number of carboxylic acids is 1. The lowest BCUT2D eigenvalue weighted by molar-refractivity contribution is -0.138. The molecule has 100 valence electrons. The van der Waals surface area contributed by atoms with Gasteiger partial charge in [0.25, 0.3) is 0 Å². The van der Waals surface area contributed by atoms with Crippen LogP contribution in [0.2, 0.25) is 0 Å². The monoisotopic (exact) mass is 324 g/mol. The van der Waals surface area contributed by atoms with E-state index in [9.17, 15) is 4.79 Å². The molecular formula is C12H13BrN4O2. The predicted molar refractivity (Wildman–Crippen MR) is 72.5 cm³/mol. The standard InChI is InChI=1S/C12H13BrN4O2/c1-2-10(7-11(18)19)17-12(14-15-16-17)8-4-3-5-9(13)6-8/h3-6,10H,2,7H2,1H3,(H,18,19). The van der Waals surface area contributed by atoms with Crippen LogP contribution < -0.4 is 0 Å². The van der Waals surface area contributed by atoms with Gasteiger partial charge in [-0.3, -0.25) is 4.79 Å². The molecule has 0 saturated carbocycles. The summed E-state index contributed by atoms with van der Waals surface area (Å²) >= 11 is 3.39. The van der Waals surface area contributed by atoms with E-state index in [1.54, 1.807) is 4.68 Å². The van der Waals surface area contributed by atoms with Crippen molar-refractivity contribution in [3.8, 4) is 11.4 Å². The smallest absolute Gasteiger partial charge is 0.305 e. The van der Waals surface area contributed by atoms with E-state index >= 15 is 0 Å². The lowest BCUT2D eigenvalue weighted by Crippen LogP contribution is -2.15. The van der Waals surface area contributed by atoms with Gasteiger partial charge in [0.15, 0.2) is 5.82 Å². The molecule has 2 rings (SSSR count). The molecule has 1 N–H and O–H groups in total. The number of halogens is 1. The van der Waals surface area contributed by atoms with Crippen molar-refractivity contribution in [1.29, 1.82) is 0 Å². The van der Waals surface area contributed by atoms with E-state index in [-0.39, 0.29) is 12.5 Å². The number of hydrogen-bond donors (Lipinski definition) is 1. The van der Waals surface area contributed by atoms with E-state index < -0.39 is 5.97 Å². The van der Waals surface area contributed by atoms with Crippen molar-refractivity contribution < 1.29 is 9.90 Å². The highest BCUT2D eigenvalue weighted by Crippen LogP contribution is 2.25. The van der Waals surface area contributed by atoms with Crippen molar-refractivity contribution in [2.75, 3.05) is 0 Å². The largest absolute Gasteiger partial charge is 0.481 e. The zero-order valence-corrected chi connectivity index (χ0v) is 11.9. The molecule has 0 bridgehead atoms. The van der Waals surface area contributed by atoms with Crippen molar-refractivity contribution in [3.05, 3.63) is 28.7 Å². The third kappa shape index (κ3) is 3.17. The summed E-state index contributed by atoms with van der Waals surface area (Å²) in [4.78, 5) is 10.9. The molecule has 2 aromatic rings. The zero-order chi connectivity index (χ0) is 13.8. The molecule has 0 aliphatic carbocycles. The van der Waals surface area contributed by atoms with Gasteiger partial charge >= 0.3 is 5.97 Å². The Hall–Kier alpha value is -1.76. The summed E-state index contributed by atoms with van der Waals surface area (Å²) in [5.41, 5.74) is 0.850. The molecule has 6 nitrogen and oxygen atoms in total. The molecule has 7 heteroatoms. The average molecular weight is 325 g/mol. The fraction of sp³-hybridized carbons (Fsp3) is 0.333. The summed E-state index contributed by atoms with van der Waals surface area (Å²) in [6, 6.07) is 7.33. The minimum absolute atomic E-state index is 0.00252. The molecule has 0 radical (unpaired) electrons. The molecule has 0 fully saturated rings. The summed E-state index contributed by atoms with van der Waals surface area (Å²) in [6.07, 6.45) is 0.654. The molecule has 19 heavy (non-hydrogen) atoms. The Bertz CT molecular complexity index is 585. The SMILES string of the molecule is CCC(CC(=O)O)n1nnnc1-c1cccc(Br)c1. The van der Waals surface area contributed by atoms with Gasteiger partial charge in [0, 0.05) is 10.0 Å². The lowest BCUT2D eigenvalue weighted by atomic mass is 10.1. The number of carbonyl (C=O) groups is 1. The van der Waals surface area contributed by atoms with E-state index in [1.807, 2.05) is 31.2 Å². The van der Waals surface area contributed by atoms with Gasteiger partial charge in [0.05, 0.1) is 12.5 Å². The van der Waals surface area contributed by atoms with Gasteiger partial charge in [-0.15, -0.1) is 5.10 Å². The summed E-state index contributed by atoms with van der Waals surface area (Å²) in [6.45, 7) is 1.92. The van der Waals surface area contributed by atoms with E-state index in [2.05, 4.69) is 31.5 Å². The molecule has 1 heterocycles. The second kappa shape index (κ2) is 5.92. The van der Waals surface area contributed by atoms with Crippen LogP contribution in [0.5, 0.6) is 0 Å². The van der Waals surface area contributed by atoms with Gasteiger partial charge in [-0.05, 0) is 29.0 Å². The highest BCUT2D eigenvalue weighted by atomic mass is 79.9. The fourth-order valence-electron chi connectivity index (χ4n) is 1.86. The van der Waals surface area contributed by atoms with Crippen LogP contribution >= 0.6 is 15.9 Å². The first-order chi connectivity index (χ1) is 9.11. The number of hydrogen-bond acceptors (Lipinski definition) is 4. The Morgan fingerprint density at radius 1 is 1.53 bits per heavy atom. The van der Waals surface area contributed by atoms with E-state index in [1.165, 1.54) is 0 Å². The Balaban J connectivity index is 2.38. The Morgan fingerprint density at radius 2 is 2.32 bits per heavy atom. The van der Waals surface area contributed by atoms with Gasteiger partial charge < -0.3 is 5.11 Å². The fourth-order valence-corrected chi connectivity index (χ4v) is 2.26. The maximum atomic E-state index is 10.9. The second-order valence-corrected chi connectivity index (χ2v) is 5.03. The van der Waals surface area contributed by atoms with Crippen LogP contribution in [0.15, 0.2) is 28.7 Å². The summed E-state index contributed by atoms with van der Waals surface area (Å²) < 4.78 is 2.50. The molecule has 0 spiro atoms. The number of rotatable bonds is 5. The van der Waals surface area contributed by atoms with Crippen LogP contribution in [0.4, 0.5) is 0 Å².